The minimum absolute atomic E-state index is 0.0332. The summed E-state index contributed by atoms with van der Waals surface area (Å²) in [5, 5.41) is 0. The van der Waals surface area contributed by atoms with Gasteiger partial charge in [0.25, 0.3) is 0 Å². The van der Waals surface area contributed by atoms with Gasteiger partial charge in [-0.1, -0.05) is 205 Å². The summed E-state index contributed by atoms with van der Waals surface area (Å²) < 4.78 is 34.5. The number of carbonyl (C=O) groups is 2. The van der Waals surface area contributed by atoms with Crippen molar-refractivity contribution in [3.05, 3.63) is 24.3 Å². The van der Waals surface area contributed by atoms with Crippen molar-refractivity contribution in [3.8, 4) is 0 Å². The van der Waals surface area contributed by atoms with Crippen LogP contribution < -0.4 is 0 Å². The average Bonchev–Trinajstić information content (AvgIpc) is 3.25. The molecule has 9 nitrogen and oxygen atoms in total. The van der Waals surface area contributed by atoms with E-state index in [4.69, 9.17) is 18.5 Å². The van der Waals surface area contributed by atoms with Gasteiger partial charge in [0.2, 0.25) is 0 Å². The first-order chi connectivity index (χ1) is 31.0. The highest BCUT2D eigenvalue weighted by Gasteiger charge is 2.27. The lowest BCUT2D eigenvalue weighted by Gasteiger charge is -2.24. The lowest BCUT2D eigenvalue weighted by atomic mass is 10.0. The molecule has 64 heavy (non-hydrogen) atoms. The predicted octanol–water partition coefficient (Wildman–Crippen LogP) is 16.3. The Labute approximate surface area is 396 Å². The molecule has 0 bridgehead atoms. The number of esters is 2. The van der Waals surface area contributed by atoms with Crippen LogP contribution in [-0.4, -0.2) is 74.9 Å². The van der Waals surface area contributed by atoms with Crippen molar-refractivity contribution in [2.45, 2.75) is 264 Å². The maximum Gasteiger partial charge on any atom is 0.472 e. The molecule has 0 radical (unpaired) electrons. The highest BCUT2D eigenvalue weighted by atomic mass is 31.2. The van der Waals surface area contributed by atoms with Crippen LogP contribution in [0.4, 0.5) is 0 Å². The minimum atomic E-state index is -4.38. The maximum absolute atomic E-state index is 12.8. The molecule has 0 aliphatic rings. The summed E-state index contributed by atoms with van der Waals surface area (Å²) in [5.41, 5.74) is 0. The molecular weight excluding hydrogens is 822 g/mol. The van der Waals surface area contributed by atoms with E-state index in [9.17, 15) is 19.0 Å². The third kappa shape index (κ3) is 49.9. The third-order valence-electron chi connectivity index (χ3n) is 12.0. The van der Waals surface area contributed by atoms with Gasteiger partial charge in [-0.15, -0.1) is 0 Å². The zero-order valence-corrected chi connectivity index (χ0v) is 43.7. The molecule has 0 saturated heterocycles. The number of hydrogen-bond acceptors (Lipinski definition) is 7. The van der Waals surface area contributed by atoms with Gasteiger partial charge in [-0.3, -0.25) is 18.6 Å². The Balaban J connectivity index is 4.20. The largest absolute Gasteiger partial charge is 0.472 e. The van der Waals surface area contributed by atoms with Gasteiger partial charge in [0.05, 0.1) is 27.7 Å². The molecular formula is C54H105NO8P+. The Bertz CT molecular complexity index is 1140. The number of hydrogen-bond donors (Lipinski definition) is 1. The second-order valence-electron chi connectivity index (χ2n) is 19.6. The standard InChI is InChI=1S/C54H104NO8P/c1-6-8-10-12-14-16-18-20-22-24-26-27-29-31-33-35-37-39-41-43-45-47-54(57)63-52(51-62-64(58,59)61-49-48-55(3,4)5)50-60-53(56)46-44-42-40-38-36-34-32-30-28-25-23-21-19-17-15-13-11-9-7-2/h20-23,52H,6-19,24-51H2,1-5H3/p+1/b22-20-,23-21-/t52-/m1/s1. The number of ether oxygens (including phenoxy) is 2. The van der Waals surface area contributed by atoms with Crippen molar-refractivity contribution in [1.29, 1.82) is 0 Å². The van der Waals surface area contributed by atoms with Gasteiger partial charge in [0.1, 0.15) is 19.8 Å². The van der Waals surface area contributed by atoms with E-state index < -0.39 is 26.5 Å². The van der Waals surface area contributed by atoms with E-state index in [0.717, 1.165) is 32.1 Å². The van der Waals surface area contributed by atoms with Gasteiger partial charge in [-0.05, 0) is 64.2 Å². The summed E-state index contributed by atoms with van der Waals surface area (Å²) in [5.74, 6) is -0.789. The van der Waals surface area contributed by atoms with Crippen LogP contribution in [0.5, 0.6) is 0 Å². The van der Waals surface area contributed by atoms with Gasteiger partial charge < -0.3 is 18.9 Å². The number of carbonyl (C=O) groups excluding carboxylic acids is 2. The van der Waals surface area contributed by atoms with Crippen LogP contribution in [-0.2, 0) is 32.7 Å². The second-order valence-corrected chi connectivity index (χ2v) is 21.1. The second kappa shape index (κ2) is 46.6. The molecule has 0 aromatic heterocycles. The van der Waals surface area contributed by atoms with Crippen molar-refractivity contribution >= 4 is 19.8 Å². The quantitative estimate of drug-likeness (QED) is 0.0211. The highest BCUT2D eigenvalue weighted by molar-refractivity contribution is 7.47. The number of quaternary nitrogens is 1. The minimum Gasteiger partial charge on any atom is -0.462 e. The zero-order chi connectivity index (χ0) is 47.1. The molecule has 0 aliphatic heterocycles. The summed E-state index contributed by atoms with van der Waals surface area (Å²) in [6.45, 7) is 4.46. The zero-order valence-electron chi connectivity index (χ0n) is 42.8. The Hall–Kier alpha value is -1.51. The number of allylic oxidation sites excluding steroid dienone is 4. The van der Waals surface area contributed by atoms with E-state index in [2.05, 4.69) is 38.2 Å². The van der Waals surface area contributed by atoms with E-state index >= 15 is 0 Å². The van der Waals surface area contributed by atoms with Crippen molar-refractivity contribution in [2.75, 3.05) is 47.5 Å². The molecule has 0 fully saturated rings. The van der Waals surface area contributed by atoms with Gasteiger partial charge in [0.15, 0.2) is 6.10 Å². The predicted molar refractivity (Wildman–Crippen MR) is 271 cm³/mol. The summed E-state index contributed by atoms with van der Waals surface area (Å²) >= 11 is 0. The van der Waals surface area contributed by atoms with Crippen LogP contribution in [0.1, 0.15) is 258 Å². The Kier molecular flexibility index (Phi) is 45.5. The van der Waals surface area contributed by atoms with E-state index in [1.807, 2.05) is 21.1 Å². The Morgan fingerprint density at radius 3 is 1.16 bits per heavy atom. The van der Waals surface area contributed by atoms with Crippen LogP contribution in [0.3, 0.4) is 0 Å². The first kappa shape index (κ1) is 62.5. The van der Waals surface area contributed by atoms with Crippen LogP contribution in [0.2, 0.25) is 0 Å². The van der Waals surface area contributed by atoms with Crippen LogP contribution in [0.15, 0.2) is 24.3 Å². The molecule has 0 aromatic rings. The van der Waals surface area contributed by atoms with Crippen LogP contribution >= 0.6 is 7.82 Å². The number of rotatable bonds is 50. The SMILES string of the molecule is CCCCCCCC/C=C\CCCCCCCCCCCCCC(=O)O[C@H](COC(=O)CCCCCCCCCCC/C=C\CCCCCCCC)COP(=O)(O)OCC[N+](C)(C)C. The highest BCUT2D eigenvalue weighted by Crippen LogP contribution is 2.43. The summed E-state index contributed by atoms with van der Waals surface area (Å²) in [6, 6.07) is 0. The normalized spacial score (nSPS) is 13.5. The Morgan fingerprint density at radius 2 is 0.797 bits per heavy atom. The number of nitrogens with zero attached hydrogens (tertiary/aromatic N) is 1. The first-order valence-corrected chi connectivity index (χ1v) is 28.6. The van der Waals surface area contributed by atoms with Crippen molar-refractivity contribution < 1.29 is 42.1 Å². The number of phosphoric acid groups is 1. The van der Waals surface area contributed by atoms with Crippen molar-refractivity contribution in [2.24, 2.45) is 0 Å². The van der Waals surface area contributed by atoms with E-state index in [1.165, 1.54) is 193 Å². The first-order valence-electron chi connectivity index (χ1n) is 27.1. The average molecular weight is 927 g/mol. The lowest BCUT2D eigenvalue weighted by molar-refractivity contribution is -0.870. The fraction of sp³-hybridized carbons (Fsp3) is 0.889. The van der Waals surface area contributed by atoms with Gasteiger partial charge in [0, 0.05) is 12.8 Å². The fourth-order valence-electron chi connectivity index (χ4n) is 7.71. The summed E-state index contributed by atoms with van der Waals surface area (Å²) in [4.78, 5) is 35.6. The van der Waals surface area contributed by atoms with Gasteiger partial charge in [-0.2, -0.15) is 0 Å². The molecule has 378 valence electrons. The molecule has 0 saturated carbocycles. The fourth-order valence-corrected chi connectivity index (χ4v) is 8.45. The van der Waals surface area contributed by atoms with Crippen molar-refractivity contribution in [1.82, 2.24) is 0 Å². The Morgan fingerprint density at radius 1 is 0.469 bits per heavy atom. The molecule has 1 unspecified atom stereocenters. The molecule has 0 aromatic carbocycles. The molecule has 0 amide bonds. The van der Waals surface area contributed by atoms with Gasteiger partial charge >= 0.3 is 19.8 Å². The number of likely N-dealkylation sites (N-methyl/N-ethyl adjacent to an activating group) is 1. The third-order valence-corrected chi connectivity index (χ3v) is 12.9. The molecule has 0 spiro atoms. The smallest absolute Gasteiger partial charge is 0.462 e. The molecule has 1 N–H and O–H groups in total. The summed E-state index contributed by atoms with van der Waals surface area (Å²) in [6.07, 6.45) is 53.7. The lowest BCUT2D eigenvalue weighted by Crippen LogP contribution is -2.37. The topological polar surface area (TPSA) is 108 Å². The molecule has 10 heteroatoms. The summed E-state index contributed by atoms with van der Waals surface area (Å²) in [7, 11) is 1.49. The van der Waals surface area contributed by atoms with Crippen molar-refractivity contribution in [3.63, 3.8) is 0 Å². The van der Waals surface area contributed by atoms with E-state index in [0.29, 0.717) is 17.4 Å². The van der Waals surface area contributed by atoms with Gasteiger partial charge in [-0.25, -0.2) is 4.57 Å². The molecule has 0 heterocycles. The maximum atomic E-state index is 12.8. The van der Waals surface area contributed by atoms with E-state index in [-0.39, 0.29) is 32.0 Å². The molecule has 2 atom stereocenters. The number of unbranched alkanes of at least 4 members (excludes halogenated alkanes) is 32. The van der Waals surface area contributed by atoms with E-state index in [1.54, 1.807) is 0 Å². The monoisotopic (exact) mass is 927 g/mol. The molecule has 0 rings (SSSR count). The number of phosphoric ester groups is 1. The van der Waals surface area contributed by atoms with Crippen LogP contribution in [0.25, 0.3) is 0 Å². The molecule has 0 aliphatic carbocycles. The van der Waals surface area contributed by atoms with Crippen LogP contribution in [0, 0.1) is 0 Å².